The predicted octanol–water partition coefficient (Wildman–Crippen LogP) is -0.0117. The summed E-state index contributed by atoms with van der Waals surface area (Å²) in [6.07, 6.45) is 4.64. The summed E-state index contributed by atoms with van der Waals surface area (Å²) in [5, 5.41) is 0. The van der Waals surface area contributed by atoms with E-state index < -0.39 is 9.84 Å². The van der Waals surface area contributed by atoms with Crippen molar-refractivity contribution < 1.29 is 8.42 Å². The van der Waals surface area contributed by atoms with E-state index in [1.165, 1.54) is 12.8 Å². The Hall–Kier alpha value is -0.130. The first-order valence-electron chi connectivity index (χ1n) is 5.71. The smallest absolute Gasteiger partial charge is 0.152 e. The van der Waals surface area contributed by atoms with Gasteiger partial charge in [0.1, 0.15) is 0 Å². The summed E-state index contributed by atoms with van der Waals surface area (Å²) in [5.74, 6) is 0.617. The van der Waals surface area contributed by atoms with E-state index in [0.29, 0.717) is 24.6 Å². The second-order valence-corrected chi connectivity index (χ2v) is 7.30. The van der Waals surface area contributed by atoms with E-state index in [4.69, 9.17) is 5.73 Å². The van der Waals surface area contributed by atoms with Crippen LogP contribution in [0.3, 0.4) is 0 Å². The standard InChI is InChI=1S/C10H20N2O2S/c11-10(3-1-2-4-10)9-12-5-7-15(13,14)8-6-12/h1-9,11H2. The minimum Gasteiger partial charge on any atom is -0.324 e. The lowest BCUT2D eigenvalue weighted by atomic mass is 9.98. The summed E-state index contributed by atoms with van der Waals surface area (Å²) < 4.78 is 22.5. The van der Waals surface area contributed by atoms with Gasteiger partial charge in [0.15, 0.2) is 9.84 Å². The average Bonchev–Trinajstić information content (AvgIpc) is 2.57. The van der Waals surface area contributed by atoms with Gasteiger partial charge in [-0.25, -0.2) is 8.42 Å². The molecule has 1 heterocycles. The van der Waals surface area contributed by atoms with Crippen molar-refractivity contribution in [1.82, 2.24) is 4.90 Å². The van der Waals surface area contributed by atoms with Gasteiger partial charge < -0.3 is 5.73 Å². The van der Waals surface area contributed by atoms with Crippen LogP contribution in [0.2, 0.25) is 0 Å². The van der Waals surface area contributed by atoms with Crippen molar-refractivity contribution in [3.8, 4) is 0 Å². The lowest BCUT2D eigenvalue weighted by Crippen LogP contribution is -2.52. The van der Waals surface area contributed by atoms with Crippen LogP contribution in [0.1, 0.15) is 25.7 Å². The summed E-state index contributed by atoms with van der Waals surface area (Å²) in [6, 6.07) is 0. The van der Waals surface area contributed by atoms with Crippen molar-refractivity contribution in [1.29, 1.82) is 0 Å². The largest absolute Gasteiger partial charge is 0.324 e. The number of nitrogens with two attached hydrogens (primary N) is 1. The first-order chi connectivity index (χ1) is 6.99. The maximum absolute atomic E-state index is 11.3. The Balaban J connectivity index is 1.86. The topological polar surface area (TPSA) is 63.4 Å². The highest BCUT2D eigenvalue weighted by atomic mass is 32.2. The highest BCUT2D eigenvalue weighted by Crippen LogP contribution is 2.28. The van der Waals surface area contributed by atoms with Gasteiger partial charge >= 0.3 is 0 Å². The highest BCUT2D eigenvalue weighted by Gasteiger charge is 2.33. The van der Waals surface area contributed by atoms with Crippen LogP contribution < -0.4 is 5.73 Å². The molecule has 0 atom stereocenters. The molecular weight excluding hydrogens is 212 g/mol. The number of sulfone groups is 1. The quantitative estimate of drug-likeness (QED) is 0.727. The highest BCUT2D eigenvalue weighted by molar-refractivity contribution is 7.91. The molecule has 5 heteroatoms. The molecule has 0 aromatic heterocycles. The van der Waals surface area contributed by atoms with Gasteiger partial charge in [0.25, 0.3) is 0 Å². The Morgan fingerprint density at radius 3 is 2.20 bits per heavy atom. The zero-order chi connectivity index (χ0) is 10.9. The van der Waals surface area contributed by atoms with Crippen molar-refractivity contribution in [2.45, 2.75) is 31.2 Å². The van der Waals surface area contributed by atoms with Gasteiger partial charge in [-0.15, -0.1) is 0 Å². The van der Waals surface area contributed by atoms with Crippen molar-refractivity contribution in [2.75, 3.05) is 31.1 Å². The molecule has 0 radical (unpaired) electrons. The monoisotopic (exact) mass is 232 g/mol. The van der Waals surface area contributed by atoms with Crippen LogP contribution in [0.4, 0.5) is 0 Å². The molecular formula is C10H20N2O2S. The molecule has 2 rings (SSSR count). The lowest BCUT2D eigenvalue weighted by Gasteiger charge is -2.34. The second-order valence-electron chi connectivity index (χ2n) is 5.00. The molecule has 4 nitrogen and oxygen atoms in total. The molecule has 15 heavy (non-hydrogen) atoms. The second kappa shape index (κ2) is 4.03. The maximum Gasteiger partial charge on any atom is 0.152 e. The predicted molar refractivity (Wildman–Crippen MR) is 60.5 cm³/mol. The SMILES string of the molecule is NC1(CN2CCS(=O)(=O)CC2)CCCC1. The number of rotatable bonds is 2. The van der Waals surface area contributed by atoms with E-state index in [0.717, 1.165) is 19.4 Å². The fraction of sp³-hybridized carbons (Fsp3) is 1.00. The fourth-order valence-corrected chi connectivity index (χ4v) is 3.87. The number of hydrogen-bond acceptors (Lipinski definition) is 4. The molecule has 2 aliphatic rings. The first kappa shape index (κ1) is 11.4. The van der Waals surface area contributed by atoms with Crippen LogP contribution in [0.25, 0.3) is 0 Å². The Kier molecular flexibility index (Phi) is 3.05. The van der Waals surface area contributed by atoms with Gasteiger partial charge in [0.05, 0.1) is 11.5 Å². The molecule has 0 aromatic rings. The number of nitrogens with zero attached hydrogens (tertiary/aromatic N) is 1. The average molecular weight is 232 g/mol. The first-order valence-corrected chi connectivity index (χ1v) is 7.53. The zero-order valence-electron chi connectivity index (χ0n) is 9.11. The van der Waals surface area contributed by atoms with Crippen LogP contribution in [0, 0.1) is 0 Å². The molecule has 1 saturated carbocycles. The Morgan fingerprint density at radius 2 is 1.67 bits per heavy atom. The molecule has 0 unspecified atom stereocenters. The summed E-state index contributed by atoms with van der Waals surface area (Å²) >= 11 is 0. The molecule has 1 aliphatic carbocycles. The van der Waals surface area contributed by atoms with Crippen molar-refractivity contribution >= 4 is 9.84 Å². The Labute approximate surface area is 91.7 Å². The molecule has 0 bridgehead atoms. The van der Waals surface area contributed by atoms with Gasteiger partial charge in [0.2, 0.25) is 0 Å². The van der Waals surface area contributed by atoms with Crippen molar-refractivity contribution in [3.63, 3.8) is 0 Å². The summed E-state index contributed by atoms with van der Waals surface area (Å²) in [5.41, 5.74) is 6.23. The van der Waals surface area contributed by atoms with Gasteiger partial charge in [-0.3, -0.25) is 4.90 Å². The van der Waals surface area contributed by atoms with Gasteiger partial charge in [-0.2, -0.15) is 0 Å². The van der Waals surface area contributed by atoms with E-state index in [9.17, 15) is 8.42 Å². The van der Waals surface area contributed by atoms with Crippen molar-refractivity contribution in [3.05, 3.63) is 0 Å². The minimum atomic E-state index is -2.75. The van der Waals surface area contributed by atoms with Crippen LogP contribution in [0.15, 0.2) is 0 Å². The summed E-state index contributed by atoms with van der Waals surface area (Å²) in [6.45, 7) is 2.21. The van der Waals surface area contributed by atoms with Gasteiger partial charge in [-0.1, -0.05) is 12.8 Å². The van der Waals surface area contributed by atoms with Gasteiger partial charge in [-0.05, 0) is 12.8 Å². The zero-order valence-corrected chi connectivity index (χ0v) is 9.93. The molecule has 88 valence electrons. The molecule has 2 fully saturated rings. The van der Waals surface area contributed by atoms with E-state index in [2.05, 4.69) is 4.90 Å². The number of hydrogen-bond donors (Lipinski definition) is 1. The molecule has 0 aromatic carbocycles. The minimum absolute atomic E-state index is 0.0406. The van der Waals surface area contributed by atoms with E-state index in [-0.39, 0.29) is 5.54 Å². The van der Waals surface area contributed by atoms with E-state index in [1.54, 1.807) is 0 Å². The van der Waals surface area contributed by atoms with Crippen LogP contribution in [0.5, 0.6) is 0 Å². The maximum atomic E-state index is 11.3. The van der Waals surface area contributed by atoms with Crippen molar-refractivity contribution in [2.24, 2.45) is 5.73 Å². The Morgan fingerprint density at radius 1 is 1.13 bits per heavy atom. The molecule has 0 spiro atoms. The Bertz CT molecular complexity index is 306. The third kappa shape index (κ3) is 2.92. The molecule has 1 aliphatic heterocycles. The van der Waals surface area contributed by atoms with Crippen LogP contribution >= 0.6 is 0 Å². The normalized spacial score (nSPS) is 30.5. The van der Waals surface area contributed by atoms with E-state index >= 15 is 0 Å². The molecule has 2 N–H and O–H groups in total. The lowest BCUT2D eigenvalue weighted by molar-refractivity contribution is 0.223. The van der Waals surface area contributed by atoms with E-state index in [1.807, 2.05) is 0 Å². The fourth-order valence-electron chi connectivity index (χ4n) is 2.59. The third-order valence-corrected chi connectivity index (χ3v) is 5.18. The molecule has 0 amide bonds. The summed E-state index contributed by atoms with van der Waals surface area (Å²) in [7, 11) is -2.75. The molecule has 1 saturated heterocycles. The summed E-state index contributed by atoms with van der Waals surface area (Å²) in [4.78, 5) is 2.21. The van der Waals surface area contributed by atoms with Crippen LogP contribution in [-0.4, -0.2) is 50.0 Å². The van der Waals surface area contributed by atoms with Gasteiger partial charge in [0, 0.05) is 25.2 Å². The van der Waals surface area contributed by atoms with Crippen LogP contribution in [-0.2, 0) is 9.84 Å². The third-order valence-electron chi connectivity index (χ3n) is 3.57.